The van der Waals surface area contributed by atoms with Gasteiger partial charge in [0.2, 0.25) is 0 Å². The fourth-order valence-electron chi connectivity index (χ4n) is 8.41. The molecule has 3 fully saturated rings. The molecule has 1 radical (unpaired) electrons. The van der Waals surface area contributed by atoms with Crippen LogP contribution in [0.25, 0.3) is 28.1 Å². The van der Waals surface area contributed by atoms with Crippen LogP contribution in [-0.2, 0) is 20.1 Å². The van der Waals surface area contributed by atoms with Crippen molar-refractivity contribution in [3.8, 4) is 17.1 Å². The molecule has 4 aromatic rings. The van der Waals surface area contributed by atoms with Gasteiger partial charge in [-0.3, -0.25) is 4.98 Å². The molecular formula is C38H47IrN2O2-. The molecule has 4 unspecified atom stereocenters. The first-order valence-corrected chi connectivity index (χ1v) is 16.4. The molecule has 7 rings (SSSR count). The molecule has 0 saturated heterocycles. The zero-order valence-electron chi connectivity index (χ0n) is 25.6. The van der Waals surface area contributed by atoms with Crippen LogP contribution >= 0.6 is 0 Å². The molecule has 231 valence electrons. The van der Waals surface area contributed by atoms with E-state index in [-0.39, 0.29) is 38.2 Å². The van der Waals surface area contributed by atoms with Crippen LogP contribution in [-0.4, -0.2) is 32.0 Å². The number of aromatic nitrogens is 2. The van der Waals surface area contributed by atoms with Crippen molar-refractivity contribution in [2.24, 2.45) is 35.5 Å². The van der Waals surface area contributed by atoms with E-state index in [0.29, 0.717) is 23.7 Å². The number of para-hydroxylation sites is 3. The summed E-state index contributed by atoms with van der Waals surface area (Å²) in [6, 6.07) is 29.7. The van der Waals surface area contributed by atoms with Crippen LogP contribution in [0.1, 0.15) is 71.6 Å². The van der Waals surface area contributed by atoms with Gasteiger partial charge in [0, 0.05) is 31.7 Å². The summed E-state index contributed by atoms with van der Waals surface area (Å²) in [7, 11) is 0. The molecule has 6 atom stereocenters. The standard InChI is InChI=1S/C19H13N2.C19H34O2.Ir/c1-3-9-15(10-4-1)19-20-17-13-7-8-14-18(17)21(19)16-11-5-2-6-12-16;1-12(2)15-10-6-9-14-11-16(13-7-4-3-5-8-13)19(21)17(14)18(15)20;/h1-9,11-14H;12-21H,3-11H2,1-2H3;/q-1;;/t;14?,15-,16-,17?,18?,19?;/m.1./s1. The summed E-state index contributed by atoms with van der Waals surface area (Å²) in [4.78, 5) is 4.79. The van der Waals surface area contributed by atoms with Gasteiger partial charge in [0.25, 0.3) is 0 Å². The topological polar surface area (TPSA) is 58.3 Å². The molecule has 2 N–H and O–H groups in total. The number of benzene rings is 3. The van der Waals surface area contributed by atoms with Gasteiger partial charge in [0.1, 0.15) is 0 Å². The minimum absolute atomic E-state index is 0. The predicted molar refractivity (Wildman–Crippen MR) is 171 cm³/mol. The maximum atomic E-state index is 11.0. The second-order valence-electron chi connectivity index (χ2n) is 13.3. The minimum Gasteiger partial charge on any atom is -0.392 e. The van der Waals surface area contributed by atoms with Crippen molar-refractivity contribution in [1.82, 2.24) is 9.55 Å². The quantitative estimate of drug-likeness (QED) is 0.206. The summed E-state index contributed by atoms with van der Waals surface area (Å²) >= 11 is 0. The molecule has 0 aliphatic heterocycles. The molecule has 3 aliphatic rings. The van der Waals surface area contributed by atoms with E-state index in [9.17, 15) is 10.2 Å². The number of hydrogen-bond donors (Lipinski definition) is 2. The van der Waals surface area contributed by atoms with Crippen LogP contribution in [0.3, 0.4) is 0 Å². The van der Waals surface area contributed by atoms with Gasteiger partial charge >= 0.3 is 0 Å². The Balaban J connectivity index is 0.000000167. The SMILES string of the molecule is CC(C)[C@H]1CCCC2C[C@H](C3CCCCC3)C(O)C2C1O.[Ir].[c-]1ccccc1-c1nc2ccccc2n1-c1ccccc1. The Labute approximate surface area is 271 Å². The molecule has 43 heavy (non-hydrogen) atoms. The Bertz CT molecular complexity index is 1420. The van der Waals surface area contributed by atoms with Gasteiger partial charge in [-0.2, -0.15) is 0 Å². The van der Waals surface area contributed by atoms with E-state index in [0.717, 1.165) is 40.4 Å². The van der Waals surface area contributed by atoms with Crippen LogP contribution in [0.5, 0.6) is 0 Å². The van der Waals surface area contributed by atoms with E-state index in [1.165, 1.54) is 51.4 Å². The summed E-state index contributed by atoms with van der Waals surface area (Å²) in [6.45, 7) is 4.46. The number of fused-ring (bicyclic) bond motifs is 2. The van der Waals surface area contributed by atoms with E-state index < -0.39 is 0 Å². The van der Waals surface area contributed by atoms with Gasteiger partial charge in [-0.15, -0.1) is 35.9 Å². The van der Waals surface area contributed by atoms with E-state index in [4.69, 9.17) is 4.98 Å². The Morgan fingerprint density at radius 3 is 2.19 bits per heavy atom. The number of rotatable bonds is 4. The van der Waals surface area contributed by atoms with Crippen molar-refractivity contribution in [2.45, 2.75) is 83.8 Å². The van der Waals surface area contributed by atoms with E-state index >= 15 is 0 Å². The summed E-state index contributed by atoms with van der Waals surface area (Å²) in [5, 5.41) is 21.9. The third kappa shape index (κ3) is 6.86. The largest absolute Gasteiger partial charge is 0.392 e. The molecule has 3 aromatic carbocycles. The van der Waals surface area contributed by atoms with Crippen molar-refractivity contribution in [2.75, 3.05) is 0 Å². The van der Waals surface area contributed by atoms with Gasteiger partial charge in [0.05, 0.1) is 29.1 Å². The summed E-state index contributed by atoms with van der Waals surface area (Å²) in [6.07, 6.45) is 11.0. The maximum Gasteiger partial charge on any atom is 0.0774 e. The molecule has 0 amide bonds. The van der Waals surface area contributed by atoms with Gasteiger partial charge in [0.15, 0.2) is 0 Å². The average molecular weight is 756 g/mol. The maximum absolute atomic E-state index is 11.0. The smallest absolute Gasteiger partial charge is 0.0774 e. The Morgan fingerprint density at radius 2 is 1.47 bits per heavy atom. The fourth-order valence-corrected chi connectivity index (χ4v) is 8.41. The van der Waals surface area contributed by atoms with Crippen LogP contribution < -0.4 is 0 Å². The first-order valence-electron chi connectivity index (χ1n) is 16.4. The van der Waals surface area contributed by atoms with Crippen LogP contribution in [0.2, 0.25) is 0 Å². The van der Waals surface area contributed by atoms with Crippen LogP contribution in [0.4, 0.5) is 0 Å². The van der Waals surface area contributed by atoms with E-state index in [1.54, 1.807) is 0 Å². The molecular weight excluding hydrogens is 709 g/mol. The summed E-state index contributed by atoms with van der Waals surface area (Å²) in [5.41, 5.74) is 4.21. The van der Waals surface area contributed by atoms with Crippen molar-refractivity contribution in [3.05, 3.63) is 84.9 Å². The number of aliphatic hydroxyl groups is 2. The molecule has 4 nitrogen and oxygen atoms in total. The molecule has 5 heteroatoms. The number of hydrogen-bond acceptors (Lipinski definition) is 3. The average Bonchev–Trinajstić information content (AvgIpc) is 3.52. The van der Waals surface area contributed by atoms with E-state index in [2.05, 4.69) is 42.7 Å². The van der Waals surface area contributed by atoms with Gasteiger partial charge in [-0.25, -0.2) is 0 Å². The second kappa shape index (κ2) is 14.7. The van der Waals surface area contributed by atoms with Gasteiger partial charge in [-0.05, 0) is 73.1 Å². The Kier molecular flexibility index (Phi) is 10.9. The monoisotopic (exact) mass is 756 g/mol. The van der Waals surface area contributed by atoms with Crippen molar-refractivity contribution >= 4 is 11.0 Å². The Hall–Kier alpha value is -2.30. The van der Waals surface area contributed by atoms with Crippen molar-refractivity contribution in [3.63, 3.8) is 0 Å². The Morgan fingerprint density at radius 1 is 0.767 bits per heavy atom. The predicted octanol–water partition coefficient (Wildman–Crippen LogP) is 8.49. The van der Waals surface area contributed by atoms with Crippen LogP contribution in [0, 0.1) is 41.6 Å². The summed E-state index contributed by atoms with van der Waals surface area (Å²) in [5.74, 6) is 3.77. The molecule has 1 heterocycles. The zero-order valence-corrected chi connectivity index (χ0v) is 28.0. The molecule has 1 aromatic heterocycles. The summed E-state index contributed by atoms with van der Waals surface area (Å²) < 4.78 is 2.18. The third-order valence-electron chi connectivity index (χ3n) is 10.5. The number of imidazole rings is 1. The fraction of sp³-hybridized carbons (Fsp3) is 0.500. The third-order valence-corrected chi connectivity index (χ3v) is 10.5. The number of nitrogens with zero attached hydrogens (tertiary/aromatic N) is 2. The second-order valence-corrected chi connectivity index (χ2v) is 13.3. The van der Waals surface area contributed by atoms with Crippen LogP contribution in [0.15, 0.2) is 78.9 Å². The van der Waals surface area contributed by atoms with E-state index in [1.807, 2.05) is 60.7 Å². The number of aliphatic hydroxyl groups excluding tert-OH is 2. The van der Waals surface area contributed by atoms with Gasteiger partial charge in [-0.1, -0.05) is 82.7 Å². The molecule has 0 bridgehead atoms. The first-order chi connectivity index (χ1) is 20.5. The normalized spacial score (nSPS) is 27.6. The molecule has 0 spiro atoms. The molecule has 3 saturated carbocycles. The van der Waals surface area contributed by atoms with Crippen molar-refractivity contribution < 1.29 is 30.3 Å². The minimum atomic E-state index is -0.277. The first kappa shape index (κ1) is 32.1. The van der Waals surface area contributed by atoms with Crippen molar-refractivity contribution in [1.29, 1.82) is 0 Å². The zero-order chi connectivity index (χ0) is 29.1. The van der Waals surface area contributed by atoms with Gasteiger partial charge < -0.3 is 14.8 Å². The molecule has 3 aliphatic carbocycles.